The molecular formula is C21H28BrNO. The standard InChI is InChI=1S/C21H28BrNO/c1-20(2,3)15-11-14(19(24)18(12-15)21(4,5)6)13-23-17-9-7-16(22)8-10-17/h7-12,23-24H,13H2,1-6H3. The van der Waals surface area contributed by atoms with Crippen molar-refractivity contribution in [3.05, 3.63) is 57.6 Å². The molecule has 2 rings (SSSR count). The van der Waals surface area contributed by atoms with Gasteiger partial charge in [0.15, 0.2) is 0 Å². The molecule has 2 nitrogen and oxygen atoms in total. The van der Waals surface area contributed by atoms with Crippen LogP contribution in [0.5, 0.6) is 5.75 Å². The van der Waals surface area contributed by atoms with Crippen LogP contribution in [0.4, 0.5) is 5.69 Å². The van der Waals surface area contributed by atoms with Crippen molar-refractivity contribution >= 4 is 21.6 Å². The van der Waals surface area contributed by atoms with Crippen LogP contribution in [0.3, 0.4) is 0 Å². The summed E-state index contributed by atoms with van der Waals surface area (Å²) in [4.78, 5) is 0. The smallest absolute Gasteiger partial charge is 0.124 e. The molecule has 0 amide bonds. The molecule has 0 radical (unpaired) electrons. The van der Waals surface area contributed by atoms with E-state index in [0.717, 1.165) is 21.3 Å². The van der Waals surface area contributed by atoms with Gasteiger partial charge in [0.2, 0.25) is 0 Å². The van der Waals surface area contributed by atoms with Crippen LogP contribution in [-0.2, 0) is 17.4 Å². The molecule has 0 bridgehead atoms. The van der Waals surface area contributed by atoms with Gasteiger partial charge in [0.1, 0.15) is 5.75 Å². The second-order valence-corrected chi connectivity index (χ2v) is 9.31. The van der Waals surface area contributed by atoms with Crippen molar-refractivity contribution in [1.29, 1.82) is 0 Å². The summed E-state index contributed by atoms with van der Waals surface area (Å²) in [5, 5.41) is 14.2. The van der Waals surface area contributed by atoms with Crippen LogP contribution in [0.25, 0.3) is 0 Å². The third kappa shape index (κ3) is 4.54. The Balaban J connectivity index is 2.39. The Bertz CT molecular complexity index is 706. The van der Waals surface area contributed by atoms with E-state index in [-0.39, 0.29) is 10.8 Å². The molecule has 0 aliphatic carbocycles. The molecule has 0 aromatic heterocycles. The average Bonchev–Trinajstić information content (AvgIpc) is 2.45. The number of anilines is 1. The number of rotatable bonds is 3. The van der Waals surface area contributed by atoms with Crippen molar-refractivity contribution < 1.29 is 5.11 Å². The van der Waals surface area contributed by atoms with E-state index < -0.39 is 0 Å². The van der Waals surface area contributed by atoms with Crippen molar-refractivity contribution in [1.82, 2.24) is 0 Å². The van der Waals surface area contributed by atoms with Crippen LogP contribution in [-0.4, -0.2) is 5.11 Å². The molecule has 0 aliphatic heterocycles. The third-order valence-electron chi connectivity index (χ3n) is 4.19. The first-order valence-electron chi connectivity index (χ1n) is 8.35. The second kappa shape index (κ2) is 6.79. The van der Waals surface area contributed by atoms with Gasteiger partial charge in [0.05, 0.1) is 0 Å². The molecule has 2 aromatic rings. The summed E-state index contributed by atoms with van der Waals surface area (Å²) in [5.41, 5.74) is 4.17. The van der Waals surface area contributed by atoms with E-state index in [1.807, 2.05) is 24.3 Å². The van der Waals surface area contributed by atoms with Crippen molar-refractivity contribution in [2.45, 2.75) is 58.9 Å². The highest BCUT2D eigenvalue weighted by atomic mass is 79.9. The van der Waals surface area contributed by atoms with E-state index in [9.17, 15) is 5.11 Å². The quantitative estimate of drug-likeness (QED) is 0.639. The van der Waals surface area contributed by atoms with E-state index in [2.05, 4.69) is 74.9 Å². The molecule has 0 fully saturated rings. The topological polar surface area (TPSA) is 32.3 Å². The maximum absolute atomic E-state index is 10.8. The van der Waals surface area contributed by atoms with Crippen LogP contribution in [0, 0.1) is 0 Å². The minimum absolute atomic E-state index is 0.0417. The summed E-state index contributed by atoms with van der Waals surface area (Å²) in [6, 6.07) is 12.3. The SMILES string of the molecule is CC(C)(C)c1cc(CNc2ccc(Br)cc2)c(O)c(C(C)(C)C)c1. The highest BCUT2D eigenvalue weighted by Crippen LogP contribution is 2.37. The number of nitrogens with one attached hydrogen (secondary N) is 1. The Morgan fingerprint density at radius 3 is 2.00 bits per heavy atom. The molecule has 2 aromatic carbocycles. The number of hydrogen-bond acceptors (Lipinski definition) is 2. The molecule has 0 aliphatic rings. The molecule has 0 saturated carbocycles. The normalized spacial score (nSPS) is 12.3. The fourth-order valence-corrected chi connectivity index (χ4v) is 2.86. The van der Waals surface area contributed by atoms with E-state index in [0.29, 0.717) is 12.3 Å². The fourth-order valence-electron chi connectivity index (χ4n) is 2.60. The average molecular weight is 390 g/mol. The Labute approximate surface area is 154 Å². The van der Waals surface area contributed by atoms with Gasteiger partial charge in [-0.2, -0.15) is 0 Å². The van der Waals surface area contributed by atoms with Crippen LogP contribution in [0.1, 0.15) is 58.2 Å². The predicted octanol–water partition coefficient (Wildman–Crippen LogP) is 6.36. The van der Waals surface area contributed by atoms with Gasteiger partial charge < -0.3 is 10.4 Å². The maximum atomic E-state index is 10.8. The van der Waals surface area contributed by atoms with Crippen LogP contribution < -0.4 is 5.32 Å². The van der Waals surface area contributed by atoms with Crippen molar-refractivity contribution in [3.8, 4) is 5.75 Å². The van der Waals surface area contributed by atoms with Gasteiger partial charge in [-0.1, -0.05) is 63.5 Å². The second-order valence-electron chi connectivity index (χ2n) is 8.39. The first-order valence-corrected chi connectivity index (χ1v) is 9.14. The summed E-state index contributed by atoms with van der Waals surface area (Å²) in [5.74, 6) is 0.403. The van der Waals surface area contributed by atoms with Gasteiger partial charge >= 0.3 is 0 Å². The number of halogens is 1. The summed E-state index contributed by atoms with van der Waals surface area (Å²) in [6.07, 6.45) is 0. The van der Waals surface area contributed by atoms with Crippen LogP contribution in [0.15, 0.2) is 40.9 Å². The first-order chi connectivity index (χ1) is 11.0. The van der Waals surface area contributed by atoms with Crippen molar-refractivity contribution in [3.63, 3.8) is 0 Å². The minimum atomic E-state index is -0.0995. The Kier molecular flexibility index (Phi) is 5.34. The highest BCUT2D eigenvalue weighted by Gasteiger charge is 2.24. The van der Waals surface area contributed by atoms with Crippen molar-refractivity contribution in [2.24, 2.45) is 0 Å². The number of aromatic hydroxyl groups is 1. The molecule has 130 valence electrons. The molecule has 0 saturated heterocycles. The largest absolute Gasteiger partial charge is 0.507 e. The van der Waals surface area contributed by atoms with E-state index >= 15 is 0 Å². The number of hydrogen-bond donors (Lipinski definition) is 2. The fraction of sp³-hybridized carbons (Fsp3) is 0.429. The molecule has 0 heterocycles. The monoisotopic (exact) mass is 389 g/mol. The lowest BCUT2D eigenvalue weighted by atomic mass is 9.79. The predicted molar refractivity (Wildman–Crippen MR) is 107 cm³/mol. The van der Waals surface area contributed by atoms with Crippen LogP contribution in [0.2, 0.25) is 0 Å². The van der Waals surface area contributed by atoms with Gasteiger partial charge in [-0.15, -0.1) is 0 Å². The molecule has 0 spiro atoms. The highest BCUT2D eigenvalue weighted by molar-refractivity contribution is 9.10. The zero-order valence-corrected chi connectivity index (χ0v) is 17.1. The first kappa shape index (κ1) is 18.9. The minimum Gasteiger partial charge on any atom is -0.507 e. The summed E-state index contributed by atoms with van der Waals surface area (Å²) < 4.78 is 1.06. The van der Waals surface area contributed by atoms with Gasteiger partial charge in [-0.25, -0.2) is 0 Å². The summed E-state index contributed by atoms with van der Waals surface area (Å²) >= 11 is 3.45. The van der Waals surface area contributed by atoms with Gasteiger partial charge in [0.25, 0.3) is 0 Å². The van der Waals surface area contributed by atoms with E-state index in [1.165, 1.54) is 5.56 Å². The van der Waals surface area contributed by atoms with Gasteiger partial charge in [0, 0.05) is 22.3 Å². The lowest BCUT2D eigenvalue weighted by Crippen LogP contribution is -2.18. The van der Waals surface area contributed by atoms with Gasteiger partial charge in [-0.3, -0.25) is 0 Å². The van der Waals surface area contributed by atoms with Crippen LogP contribution >= 0.6 is 15.9 Å². The molecule has 0 unspecified atom stereocenters. The lowest BCUT2D eigenvalue weighted by Gasteiger charge is -2.27. The lowest BCUT2D eigenvalue weighted by molar-refractivity contribution is 0.439. The zero-order chi connectivity index (χ0) is 18.1. The molecule has 0 atom stereocenters. The number of phenolic OH excluding ortho intramolecular Hbond substituents is 1. The molecule has 3 heteroatoms. The molecule has 24 heavy (non-hydrogen) atoms. The zero-order valence-electron chi connectivity index (χ0n) is 15.5. The number of benzene rings is 2. The molecular weight excluding hydrogens is 362 g/mol. The Hall–Kier alpha value is -1.48. The molecule has 2 N–H and O–H groups in total. The third-order valence-corrected chi connectivity index (χ3v) is 4.72. The van der Waals surface area contributed by atoms with Gasteiger partial charge in [-0.05, 0) is 52.3 Å². The van der Waals surface area contributed by atoms with E-state index in [1.54, 1.807) is 0 Å². The Morgan fingerprint density at radius 1 is 0.917 bits per heavy atom. The Morgan fingerprint density at radius 2 is 1.50 bits per heavy atom. The maximum Gasteiger partial charge on any atom is 0.124 e. The number of phenols is 1. The summed E-state index contributed by atoms with van der Waals surface area (Å²) in [6.45, 7) is 13.6. The summed E-state index contributed by atoms with van der Waals surface area (Å²) in [7, 11) is 0. The van der Waals surface area contributed by atoms with E-state index in [4.69, 9.17) is 0 Å². The van der Waals surface area contributed by atoms with Crippen molar-refractivity contribution in [2.75, 3.05) is 5.32 Å².